The normalized spacial score (nSPS) is 17.3. The monoisotopic (exact) mass is 148 g/mol. The number of hydrogen-bond acceptors (Lipinski definition) is 2. The smallest absolute Gasteiger partial charge is 0.0550 e. The lowest BCUT2D eigenvalue weighted by Crippen LogP contribution is -2.10. The van der Waals surface area contributed by atoms with Crippen LogP contribution in [0.4, 0.5) is 0 Å². The summed E-state index contributed by atoms with van der Waals surface area (Å²) in [6.45, 7) is 4.08. The fourth-order valence-corrected chi connectivity index (χ4v) is 1.09. The molecule has 0 unspecified atom stereocenters. The Labute approximate surface area is 62.9 Å². The predicted octanol–water partition coefficient (Wildman–Crippen LogP) is 1.86. The summed E-state index contributed by atoms with van der Waals surface area (Å²) in [6, 6.07) is 0. The molecule has 2 atom stereocenters. The molecule has 0 saturated carbocycles. The summed E-state index contributed by atoms with van der Waals surface area (Å²) in [6.07, 6.45) is 2.64. The summed E-state index contributed by atoms with van der Waals surface area (Å²) in [5.74, 6) is 0. The van der Waals surface area contributed by atoms with E-state index in [1.54, 1.807) is 0 Å². The van der Waals surface area contributed by atoms with Crippen LogP contribution in [0, 0.1) is 0 Å². The maximum atomic E-state index is 9.17. The number of rotatable bonds is 4. The van der Waals surface area contributed by atoms with E-state index in [9.17, 15) is 5.11 Å². The largest absolute Gasteiger partial charge is 0.393 e. The van der Waals surface area contributed by atoms with Gasteiger partial charge in [-0.05, 0) is 12.8 Å². The molecule has 0 rings (SSSR count). The van der Waals surface area contributed by atoms with Gasteiger partial charge in [0, 0.05) is 5.25 Å². The second-order valence-electron chi connectivity index (χ2n) is 2.53. The Kier molecular flexibility index (Phi) is 5.30. The predicted molar refractivity (Wildman–Crippen MR) is 44.0 cm³/mol. The van der Waals surface area contributed by atoms with E-state index in [1.165, 1.54) is 0 Å². The highest BCUT2D eigenvalue weighted by atomic mass is 32.1. The number of thiol groups is 1. The molecule has 0 aromatic rings. The van der Waals surface area contributed by atoms with Crippen LogP contribution < -0.4 is 0 Å². The third kappa shape index (κ3) is 6.19. The second kappa shape index (κ2) is 5.12. The Morgan fingerprint density at radius 1 is 1.56 bits per heavy atom. The molecule has 56 valence electrons. The lowest BCUT2D eigenvalue weighted by Gasteiger charge is -2.09. The minimum Gasteiger partial charge on any atom is -0.393 e. The Balaban J connectivity index is 3.15. The first-order valence-electron chi connectivity index (χ1n) is 3.53. The zero-order valence-electron chi connectivity index (χ0n) is 6.17. The first kappa shape index (κ1) is 9.31. The summed E-state index contributed by atoms with van der Waals surface area (Å²) in [4.78, 5) is 0. The summed E-state index contributed by atoms with van der Waals surface area (Å²) in [7, 11) is 0. The summed E-state index contributed by atoms with van der Waals surface area (Å²) >= 11 is 4.17. The molecule has 0 heterocycles. The quantitative estimate of drug-likeness (QED) is 0.583. The first-order valence-corrected chi connectivity index (χ1v) is 4.04. The molecule has 1 nitrogen and oxygen atoms in total. The third-order valence-electron chi connectivity index (χ3n) is 1.24. The Morgan fingerprint density at radius 3 is 2.44 bits per heavy atom. The van der Waals surface area contributed by atoms with Gasteiger partial charge in [0.1, 0.15) is 0 Å². The van der Waals surface area contributed by atoms with Gasteiger partial charge in [0.15, 0.2) is 0 Å². The number of aliphatic hydroxyl groups excluding tert-OH is 1. The van der Waals surface area contributed by atoms with Crippen LogP contribution in [0.3, 0.4) is 0 Å². The van der Waals surface area contributed by atoms with Crippen molar-refractivity contribution in [3.8, 4) is 0 Å². The lowest BCUT2D eigenvalue weighted by molar-refractivity contribution is 0.154. The SMILES string of the molecule is CCC[C@@H](O)C[C@H](C)S. The zero-order valence-corrected chi connectivity index (χ0v) is 7.06. The van der Waals surface area contributed by atoms with Crippen molar-refractivity contribution in [2.24, 2.45) is 0 Å². The molecule has 9 heavy (non-hydrogen) atoms. The van der Waals surface area contributed by atoms with Crippen LogP contribution >= 0.6 is 12.6 Å². The molecule has 0 radical (unpaired) electrons. The molecule has 0 aliphatic rings. The van der Waals surface area contributed by atoms with Crippen molar-refractivity contribution in [3.63, 3.8) is 0 Å². The van der Waals surface area contributed by atoms with E-state index in [0.29, 0.717) is 5.25 Å². The van der Waals surface area contributed by atoms with Gasteiger partial charge in [0.05, 0.1) is 6.10 Å². The molecule has 0 aromatic heterocycles. The van der Waals surface area contributed by atoms with Gasteiger partial charge in [-0.3, -0.25) is 0 Å². The van der Waals surface area contributed by atoms with Crippen molar-refractivity contribution < 1.29 is 5.11 Å². The molecular weight excluding hydrogens is 132 g/mol. The zero-order chi connectivity index (χ0) is 7.28. The van der Waals surface area contributed by atoms with Crippen molar-refractivity contribution in [1.82, 2.24) is 0 Å². The van der Waals surface area contributed by atoms with Crippen molar-refractivity contribution in [2.75, 3.05) is 0 Å². The number of hydrogen-bond donors (Lipinski definition) is 2. The molecule has 0 saturated heterocycles. The van der Waals surface area contributed by atoms with Crippen LogP contribution in [0.5, 0.6) is 0 Å². The molecular formula is C7H16OS. The van der Waals surface area contributed by atoms with Crippen molar-refractivity contribution in [2.45, 2.75) is 44.5 Å². The highest BCUT2D eigenvalue weighted by molar-refractivity contribution is 7.80. The highest BCUT2D eigenvalue weighted by Gasteiger charge is 2.04. The minimum atomic E-state index is -0.137. The molecule has 1 N–H and O–H groups in total. The Hall–Kier alpha value is 0.310. The van der Waals surface area contributed by atoms with Gasteiger partial charge >= 0.3 is 0 Å². The van der Waals surface area contributed by atoms with Gasteiger partial charge in [-0.1, -0.05) is 20.3 Å². The van der Waals surface area contributed by atoms with Gasteiger partial charge in [-0.25, -0.2) is 0 Å². The van der Waals surface area contributed by atoms with E-state index >= 15 is 0 Å². The van der Waals surface area contributed by atoms with E-state index in [0.717, 1.165) is 19.3 Å². The van der Waals surface area contributed by atoms with E-state index in [1.807, 2.05) is 6.92 Å². The van der Waals surface area contributed by atoms with Gasteiger partial charge in [-0.2, -0.15) is 12.6 Å². The minimum absolute atomic E-state index is 0.137. The molecule has 0 aliphatic heterocycles. The maximum absolute atomic E-state index is 9.17. The first-order chi connectivity index (χ1) is 4.16. The van der Waals surface area contributed by atoms with Gasteiger partial charge in [0.2, 0.25) is 0 Å². The molecule has 0 aromatic carbocycles. The molecule has 0 amide bonds. The average molecular weight is 148 g/mol. The van der Waals surface area contributed by atoms with E-state index in [-0.39, 0.29) is 6.10 Å². The van der Waals surface area contributed by atoms with Crippen LogP contribution in [0.1, 0.15) is 33.1 Å². The van der Waals surface area contributed by atoms with E-state index in [4.69, 9.17) is 0 Å². The fourth-order valence-electron chi connectivity index (χ4n) is 0.845. The van der Waals surface area contributed by atoms with Crippen LogP contribution in [-0.4, -0.2) is 16.5 Å². The molecule has 0 fully saturated rings. The van der Waals surface area contributed by atoms with Crippen LogP contribution in [0.25, 0.3) is 0 Å². The van der Waals surface area contributed by atoms with Crippen LogP contribution in [0.2, 0.25) is 0 Å². The van der Waals surface area contributed by atoms with Gasteiger partial charge in [-0.15, -0.1) is 0 Å². The lowest BCUT2D eigenvalue weighted by atomic mass is 10.1. The van der Waals surface area contributed by atoms with Gasteiger partial charge in [0.25, 0.3) is 0 Å². The molecule has 0 bridgehead atoms. The maximum Gasteiger partial charge on any atom is 0.0550 e. The Morgan fingerprint density at radius 2 is 2.11 bits per heavy atom. The molecule has 2 heteroatoms. The topological polar surface area (TPSA) is 20.2 Å². The van der Waals surface area contributed by atoms with Crippen molar-refractivity contribution in [1.29, 1.82) is 0 Å². The van der Waals surface area contributed by atoms with E-state index in [2.05, 4.69) is 19.6 Å². The Bertz CT molecular complexity index is 63.9. The molecule has 0 aliphatic carbocycles. The summed E-state index contributed by atoms with van der Waals surface area (Å²) < 4.78 is 0. The third-order valence-corrected chi connectivity index (χ3v) is 1.45. The van der Waals surface area contributed by atoms with E-state index < -0.39 is 0 Å². The summed E-state index contributed by atoms with van der Waals surface area (Å²) in [5.41, 5.74) is 0. The van der Waals surface area contributed by atoms with Gasteiger partial charge < -0.3 is 5.11 Å². The second-order valence-corrected chi connectivity index (χ2v) is 3.41. The number of aliphatic hydroxyl groups is 1. The van der Waals surface area contributed by atoms with Crippen LogP contribution in [-0.2, 0) is 0 Å². The average Bonchev–Trinajstić information content (AvgIpc) is 1.63. The standard InChI is InChI=1S/C7H16OS/c1-3-4-7(8)5-6(2)9/h6-9H,3-5H2,1-2H3/t6-,7+/m0/s1. The van der Waals surface area contributed by atoms with Crippen LogP contribution in [0.15, 0.2) is 0 Å². The highest BCUT2D eigenvalue weighted by Crippen LogP contribution is 2.07. The van der Waals surface area contributed by atoms with Crippen molar-refractivity contribution >= 4 is 12.6 Å². The summed E-state index contributed by atoms with van der Waals surface area (Å²) in [5, 5.41) is 9.50. The fraction of sp³-hybridized carbons (Fsp3) is 1.00. The van der Waals surface area contributed by atoms with Crippen molar-refractivity contribution in [3.05, 3.63) is 0 Å². The molecule has 0 spiro atoms.